The molecule has 0 aliphatic carbocycles. The largest absolute Gasteiger partial charge is 0.496 e. The molecule has 0 radical (unpaired) electrons. The van der Waals surface area contributed by atoms with Crippen LogP contribution in [0.5, 0.6) is 5.75 Å². The second-order valence-corrected chi connectivity index (χ2v) is 8.79. The van der Waals surface area contributed by atoms with E-state index in [-0.39, 0.29) is 18.5 Å². The Morgan fingerprint density at radius 1 is 1.30 bits per heavy atom. The molecule has 0 spiro atoms. The summed E-state index contributed by atoms with van der Waals surface area (Å²) >= 11 is 0. The van der Waals surface area contributed by atoms with Crippen molar-refractivity contribution in [1.82, 2.24) is 10.0 Å². The zero-order chi connectivity index (χ0) is 20.2. The number of carbonyl (C=O) groups is 1. The molecule has 1 aromatic heterocycles. The predicted molar refractivity (Wildman–Crippen MR) is 100 cm³/mol. The van der Waals surface area contributed by atoms with Crippen LogP contribution >= 0.6 is 0 Å². The highest BCUT2D eigenvalue weighted by Gasteiger charge is 2.43. The number of para-hydroxylation sites is 1. The molecule has 0 saturated carbocycles. The van der Waals surface area contributed by atoms with Crippen LogP contribution in [-0.2, 0) is 21.2 Å². The summed E-state index contributed by atoms with van der Waals surface area (Å²) in [4.78, 5) is 24.3. The number of aryl methyl sites for hydroxylation is 1. The van der Waals surface area contributed by atoms with Crippen LogP contribution in [0, 0.1) is 0 Å². The summed E-state index contributed by atoms with van der Waals surface area (Å²) in [6.45, 7) is 1.20. The highest BCUT2D eigenvalue weighted by Crippen LogP contribution is 2.28. The third kappa shape index (κ3) is 4.20. The number of nitrogens with zero attached hydrogens (tertiary/aromatic N) is 1. The molecule has 1 aromatic carbocycles. The number of hydroxylamine groups is 1. The molecule has 0 saturated heterocycles. The molecule has 8 nitrogen and oxygen atoms in total. The molecule has 2 rings (SSSR count). The molecule has 2 N–H and O–H groups in total. The molecule has 0 aliphatic heterocycles. The highest BCUT2D eigenvalue weighted by atomic mass is 32.2. The van der Waals surface area contributed by atoms with Gasteiger partial charge in [-0.05, 0) is 31.0 Å². The van der Waals surface area contributed by atoms with E-state index < -0.39 is 20.5 Å². The molecule has 27 heavy (non-hydrogen) atoms. The van der Waals surface area contributed by atoms with E-state index in [0.29, 0.717) is 11.3 Å². The van der Waals surface area contributed by atoms with Crippen molar-refractivity contribution < 1.29 is 23.2 Å². The van der Waals surface area contributed by atoms with Crippen LogP contribution < -0.4 is 15.8 Å². The Bertz CT molecular complexity index is 999. The van der Waals surface area contributed by atoms with Crippen molar-refractivity contribution in [1.29, 1.82) is 0 Å². The highest BCUT2D eigenvalue weighted by molar-refractivity contribution is 7.92. The Balaban J connectivity index is 2.31. The molecule has 0 aliphatic rings. The predicted octanol–water partition coefficient (Wildman–Crippen LogP) is 1.22. The van der Waals surface area contributed by atoms with E-state index in [4.69, 9.17) is 9.94 Å². The second-order valence-electron chi connectivity index (χ2n) is 6.34. The summed E-state index contributed by atoms with van der Waals surface area (Å²) in [6, 6.07) is 10.4. The van der Waals surface area contributed by atoms with E-state index in [9.17, 15) is 18.0 Å². The average molecular weight is 394 g/mol. The first-order chi connectivity index (χ1) is 12.6. The van der Waals surface area contributed by atoms with Crippen molar-refractivity contribution in [2.75, 3.05) is 13.4 Å². The lowest BCUT2D eigenvalue weighted by atomic mass is 10.1. The van der Waals surface area contributed by atoms with Gasteiger partial charge in [-0.1, -0.05) is 18.2 Å². The third-order valence-corrected chi connectivity index (χ3v) is 6.67. The quantitative estimate of drug-likeness (QED) is 0.539. The first-order valence-corrected chi connectivity index (χ1v) is 10.0. The molecule has 146 valence electrons. The lowest BCUT2D eigenvalue weighted by molar-refractivity contribution is -0.131. The number of aromatic nitrogens is 1. The van der Waals surface area contributed by atoms with Gasteiger partial charge in [-0.2, -0.15) is 0 Å². The second kappa shape index (κ2) is 7.93. The summed E-state index contributed by atoms with van der Waals surface area (Å²) in [5, 5.41) is 8.85. The van der Waals surface area contributed by atoms with Crippen LogP contribution in [0.1, 0.15) is 13.3 Å². The number of hydrogen-bond donors (Lipinski definition) is 2. The molecule has 9 heteroatoms. The van der Waals surface area contributed by atoms with Gasteiger partial charge in [0.25, 0.3) is 11.5 Å². The van der Waals surface area contributed by atoms with Crippen molar-refractivity contribution in [3.05, 3.63) is 52.9 Å². The number of carbonyl (C=O) groups excluding carboxylic acids is 1. The molecule has 1 amide bonds. The number of benzene rings is 1. The maximum Gasteiger partial charge on any atom is 0.264 e. The van der Waals surface area contributed by atoms with Crippen LogP contribution in [0.3, 0.4) is 0 Å². The number of amides is 1. The van der Waals surface area contributed by atoms with Gasteiger partial charge in [0.1, 0.15) is 5.75 Å². The summed E-state index contributed by atoms with van der Waals surface area (Å²) in [5.74, 6) is -0.414. The number of methoxy groups -OCH3 is 1. The number of ether oxygens (including phenoxy) is 1. The van der Waals surface area contributed by atoms with Gasteiger partial charge in [-0.25, -0.2) is 13.9 Å². The topological polar surface area (TPSA) is 115 Å². The van der Waals surface area contributed by atoms with Crippen molar-refractivity contribution in [2.24, 2.45) is 0 Å². The fourth-order valence-corrected chi connectivity index (χ4v) is 3.51. The van der Waals surface area contributed by atoms with Crippen molar-refractivity contribution in [3.8, 4) is 16.9 Å². The van der Waals surface area contributed by atoms with Crippen LogP contribution in [0.4, 0.5) is 0 Å². The van der Waals surface area contributed by atoms with E-state index in [1.807, 2.05) is 18.2 Å². The van der Waals surface area contributed by atoms with Gasteiger partial charge in [0, 0.05) is 30.6 Å². The fraction of sp³-hybridized carbons (Fsp3) is 0.333. The first kappa shape index (κ1) is 20.7. The number of pyridine rings is 1. The number of hydrogen-bond acceptors (Lipinski definition) is 6. The maximum atomic E-state index is 12.4. The molecule has 0 bridgehead atoms. The molecule has 2 aromatic rings. The van der Waals surface area contributed by atoms with E-state index >= 15 is 0 Å². The Morgan fingerprint density at radius 2 is 1.96 bits per heavy atom. The van der Waals surface area contributed by atoms with Crippen LogP contribution in [-0.4, -0.2) is 42.2 Å². The van der Waals surface area contributed by atoms with E-state index in [1.54, 1.807) is 12.1 Å². The molecule has 0 fully saturated rings. The zero-order valence-electron chi connectivity index (χ0n) is 15.3. The van der Waals surface area contributed by atoms with Crippen molar-refractivity contribution in [3.63, 3.8) is 0 Å². The number of rotatable bonds is 7. The maximum absolute atomic E-state index is 12.4. The van der Waals surface area contributed by atoms with Crippen molar-refractivity contribution >= 4 is 15.7 Å². The van der Waals surface area contributed by atoms with Crippen LogP contribution in [0.25, 0.3) is 11.1 Å². The van der Waals surface area contributed by atoms with Crippen LogP contribution in [0.15, 0.2) is 47.4 Å². The summed E-state index contributed by atoms with van der Waals surface area (Å²) in [7, 11) is -2.28. The Kier molecular flexibility index (Phi) is 6.07. The van der Waals surface area contributed by atoms with Gasteiger partial charge in [0.2, 0.25) is 0 Å². The molecule has 1 unspecified atom stereocenters. The van der Waals surface area contributed by atoms with Gasteiger partial charge in [0.15, 0.2) is 14.6 Å². The molecule has 1 heterocycles. The average Bonchev–Trinajstić information content (AvgIpc) is 2.65. The van der Waals surface area contributed by atoms with Gasteiger partial charge in [0.05, 0.1) is 7.11 Å². The van der Waals surface area contributed by atoms with Gasteiger partial charge < -0.3 is 9.30 Å². The SMILES string of the molecule is COc1ccccc1-c1ccn(CCC(C)(C(=O)NO)S(C)(=O)=O)c(=O)c1. The molecular formula is C18H22N2O6S. The van der Waals surface area contributed by atoms with E-state index in [0.717, 1.165) is 11.8 Å². The molecule has 1 atom stereocenters. The smallest absolute Gasteiger partial charge is 0.264 e. The minimum absolute atomic E-state index is 0.0119. The standard InChI is InChI=1S/C18H22N2O6S/c1-18(17(22)19-23,27(3,24)25)9-11-20-10-8-13(12-16(20)21)14-6-4-5-7-15(14)26-2/h4-8,10,12,23H,9,11H2,1-3H3,(H,19,22). The van der Waals surface area contributed by atoms with Crippen LogP contribution in [0.2, 0.25) is 0 Å². The lowest BCUT2D eigenvalue weighted by Gasteiger charge is -2.25. The van der Waals surface area contributed by atoms with Gasteiger partial charge in [-0.3, -0.25) is 14.8 Å². The zero-order valence-corrected chi connectivity index (χ0v) is 16.1. The first-order valence-electron chi connectivity index (χ1n) is 8.12. The minimum atomic E-state index is -3.82. The lowest BCUT2D eigenvalue weighted by Crippen LogP contribution is -2.49. The van der Waals surface area contributed by atoms with Gasteiger partial charge >= 0.3 is 0 Å². The Morgan fingerprint density at radius 3 is 2.52 bits per heavy atom. The van der Waals surface area contributed by atoms with E-state index in [1.165, 1.54) is 36.3 Å². The Hall–Kier alpha value is -2.65. The van der Waals surface area contributed by atoms with Gasteiger partial charge in [-0.15, -0.1) is 0 Å². The summed E-state index contributed by atoms with van der Waals surface area (Å²) < 4.78 is 28.7. The summed E-state index contributed by atoms with van der Waals surface area (Å²) in [6.07, 6.45) is 2.27. The minimum Gasteiger partial charge on any atom is -0.496 e. The number of sulfone groups is 1. The summed E-state index contributed by atoms with van der Waals surface area (Å²) in [5.41, 5.74) is 2.45. The van der Waals surface area contributed by atoms with Crippen molar-refractivity contribution in [2.45, 2.75) is 24.6 Å². The molecular weight excluding hydrogens is 372 g/mol. The number of nitrogens with one attached hydrogen (secondary N) is 1. The Labute approximate surface area is 157 Å². The normalized spacial score (nSPS) is 13.6. The van der Waals surface area contributed by atoms with E-state index in [2.05, 4.69) is 0 Å². The third-order valence-electron chi connectivity index (χ3n) is 4.64. The monoisotopic (exact) mass is 394 g/mol. The fourth-order valence-electron chi connectivity index (χ4n) is 2.66.